The Morgan fingerprint density at radius 1 is 1.05 bits per heavy atom. The molecule has 0 aliphatic rings. The van der Waals surface area contributed by atoms with E-state index in [4.69, 9.17) is 0 Å². The number of nitrogens with one attached hydrogen (secondary N) is 1. The van der Waals surface area contributed by atoms with Crippen LogP contribution in [0, 0.1) is 0 Å². The molecule has 0 spiro atoms. The van der Waals surface area contributed by atoms with Crippen molar-refractivity contribution in [1.82, 2.24) is 0 Å². The van der Waals surface area contributed by atoms with Gasteiger partial charge in [0.1, 0.15) is 0 Å². The van der Waals surface area contributed by atoms with Gasteiger partial charge in [0, 0.05) is 32.0 Å². The van der Waals surface area contributed by atoms with Crippen LogP contribution in [0.4, 0.5) is 11.4 Å². The first kappa shape index (κ1) is 13.4. The third kappa shape index (κ3) is 3.73. The lowest BCUT2D eigenvalue weighted by Gasteiger charge is -2.16. The van der Waals surface area contributed by atoms with E-state index in [2.05, 4.69) is 22.3 Å². The first-order chi connectivity index (χ1) is 9.16. The van der Waals surface area contributed by atoms with Gasteiger partial charge in [-0.15, -0.1) is 0 Å². The highest BCUT2D eigenvalue weighted by Gasteiger charge is 2.06. The van der Waals surface area contributed by atoms with E-state index in [-0.39, 0.29) is 0 Å². The Balaban J connectivity index is 1.97. The summed E-state index contributed by atoms with van der Waals surface area (Å²) in [5, 5.41) is 13.3. The zero-order valence-electron chi connectivity index (χ0n) is 11.4. The van der Waals surface area contributed by atoms with Crippen LogP contribution >= 0.6 is 0 Å². The van der Waals surface area contributed by atoms with Crippen molar-refractivity contribution in [3.8, 4) is 0 Å². The number of rotatable bonds is 5. The van der Waals surface area contributed by atoms with Gasteiger partial charge >= 0.3 is 0 Å². The summed E-state index contributed by atoms with van der Waals surface area (Å²) in [4.78, 5) is 2.05. The average Bonchev–Trinajstić information content (AvgIpc) is 2.46. The maximum Gasteiger partial charge on any atom is 0.0962 e. The number of aliphatic hydroxyl groups is 1. The van der Waals surface area contributed by atoms with Crippen LogP contribution in [-0.2, 0) is 0 Å². The van der Waals surface area contributed by atoms with Crippen LogP contribution in [0.2, 0.25) is 0 Å². The van der Waals surface area contributed by atoms with Crippen LogP contribution < -0.4 is 10.2 Å². The van der Waals surface area contributed by atoms with Crippen LogP contribution in [0.1, 0.15) is 11.7 Å². The van der Waals surface area contributed by atoms with Gasteiger partial charge in [0.05, 0.1) is 6.10 Å². The SMILES string of the molecule is CN(C)c1cccc(NCC(O)c2ccccc2)c1. The third-order valence-corrected chi connectivity index (χ3v) is 3.05. The van der Waals surface area contributed by atoms with Gasteiger partial charge in [-0.25, -0.2) is 0 Å². The Bertz CT molecular complexity index is 511. The maximum atomic E-state index is 10.1. The number of anilines is 2. The minimum absolute atomic E-state index is 0.496. The normalized spacial score (nSPS) is 11.9. The van der Waals surface area contributed by atoms with Gasteiger partial charge in [-0.3, -0.25) is 0 Å². The summed E-state index contributed by atoms with van der Waals surface area (Å²) in [6.45, 7) is 0.501. The molecule has 19 heavy (non-hydrogen) atoms. The molecule has 0 heterocycles. The van der Waals surface area contributed by atoms with Crippen molar-refractivity contribution >= 4 is 11.4 Å². The van der Waals surface area contributed by atoms with Crippen molar-refractivity contribution < 1.29 is 5.11 Å². The summed E-state index contributed by atoms with van der Waals surface area (Å²) in [5.74, 6) is 0. The van der Waals surface area contributed by atoms with E-state index in [1.54, 1.807) is 0 Å². The molecule has 0 aliphatic heterocycles. The number of benzene rings is 2. The highest BCUT2D eigenvalue weighted by molar-refractivity contribution is 5.57. The number of hydrogen-bond donors (Lipinski definition) is 2. The smallest absolute Gasteiger partial charge is 0.0962 e. The molecule has 0 saturated carbocycles. The van der Waals surface area contributed by atoms with Crippen molar-refractivity contribution in [3.05, 3.63) is 60.2 Å². The van der Waals surface area contributed by atoms with E-state index in [1.807, 2.05) is 56.6 Å². The Hall–Kier alpha value is -2.00. The molecule has 2 rings (SSSR count). The largest absolute Gasteiger partial charge is 0.387 e. The number of aliphatic hydroxyl groups excluding tert-OH is 1. The van der Waals surface area contributed by atoms with Crippen molar-refractivity contribution in [2.45, 2.75) is 6.10 Å². The molecule has 3 nitrogen and oxygen atoms in total. The number of hydrogen-bond acceptors (Lipinski definition) is 3. The van der Waals surface area contributed by atoms with E-state index in [1.165, 1.54) is 0 Å². The van der Waals surface area contributed by atoms with Crippen LogP contribution in [0.5, 0.6) is 0 Å². The molecule has 2 aromatic carbocycles. The second kappa shape index (κ2) is 6.25. The Kier molecular flexibility index (Phi) is 4.42. The predicted octanol–water partition coefficient (Wildman–Crippen LogP) is 2.90. The molecule has 0 bridgehead atoms. The summed E-state index contributed by atoms with van der Waals surface area (Å²) in [6.07, 6.45) is -0.496. The molecule has 0 aromatic heterocycles. The molecule has 100 valence electrons. The predicted molar refractivity (Wildman–Crippen MR) is 80.7 cm³/mol. The van der Waals surface area contributed by atoms with Gasteiger partial charge in [0.25, 0.3) is 0 Å². The van der Waals surface area contributed by atoms with Crippen molar-refractivity contribution in [1.29, 1.82) is 0 Å². The molecule has 2 N–H and O–H groups in total. The summed E-state index contributed by atoms with van der Waals surface area (Å²) in [6, 6.07) is 17.8. The summed E-state index contributed by atoms with van der Waals surface area (Å²) in [5.41, 5.74) is 3.08. The molecule has 0 fully saturated rings. The number of nitrogens with zero attached hydrogens (tertiary/aromatic N) is 1. The quantitative estimate of drug-likeness (QED) is 0.863. The standard InChI is InChI=1S/C16H20N2O/c1-18(2)15-10-6-9-14(11-15)17-12-16(19)13-7-4-3-5-8-13/h3-11,16-17,19H,12H2,1-2H3. The zero-order chi connectivity index (χ0) is 13.7. The topological polar surface area (TPSA) is 35.5 Å². The minimum Gasteiger partial charge on any atom is -0.387 e. The van der Waals surface area contributed by atoms with Crippen molar-refractivity contribution in [2.75, 3.05) is 30.9 Å². The van der Waals surface area contributed by atoms with Gasteiger partial charge < -0.3 is 15.3 Å². The van der Waals surface area contributed by atoms with Crippen LogP contribution in [0.25, 0.3) is 0 Å². The molecule has 1 unspecified atom stereocenters. The van der Waals surface area contributed by atoms with Gasteiger partial charge in [0.15, 0.2) is 0 Å². The minimum atomic E-state index is -0.496. The second-order valence-electron chi connectivity index (χ2n) is 4.75. The first-order valence-corrected chi connectivity index (χ1v) is 6.41. The summed E-state index contributed by atoms with van der Waals surface area (Å²) < 4.78 is 0. The highest BCUT2D eigenvalue weighted by Crippen LogP contribution is 2.19. The van der Waals surface area contributed by atoms with Gasteiger partial charge in [-0.2, -0.15) is 0 Å². The molecule has 0 aliphatic carbocycles. The van der Waals surface area contributed by atoms with Crippen molar-refractivity contribution in [2.24, 2.45) is 0 Å². The fourth-order valence-electron chi connectivity index (χ4n) is 1.90. The highest BCUT2D eigenvalue weighted by atomic mass is 16.3. The Morgan fingerprint density at radius 3 is 2.47 bits per heavy atom. The van der Waals surface area contributed by atoms with Gasteiger partial charge in [0.2, 0.25) is 0 Å². The van der Waals surface area contributed by atoms with E-state index < -0.39 is 6.10 Å². The molecular formula is C16H20N2O. The fourth-order valence-corrected chi connectivity index (χ4v) is 1.90. The molecule has 0 radical (unpaired) electrons. The zero-order valence-corrected chi connectivity index (χ0v) is 11.4. The molecule has 0 saturated heterocycles. The van der Waals surface area contributed by atoms with E-state index in [0.717, 1.165) is 16.9 Å². The van der Waals surface area contributed by atoms with Gasteiger partial charge in [-0.05, 0) is 23.8 Å². The van der Waals surface area contributed by atoms with E-state index >= 15 is 0 Å². The third-order valence-electron chi connectivity index (χ3n) is 3.05. The molecule has 0 amide bonds. The fraction of sp³-hybridized carbons (Fsp3) is 0.250. The lowest BCUT2D eigenvalue weighted by atomic mass is 10.1. The van der Waals surface area contributed by atoms with Crippen molar-refractivity contribution in [3.63, 3.8) is 0 Å². The molecule has 3 heteroatoms. The molecular weight excluding hydrogens is 236 g/mol. The van der Waals surface area contributed by atoms with E-state index in [0.29, 0.717) is 6.54 Å². The lowest BCUT2D eigenvalue weighted by molar-refractivity contribution is 0.191. The first-order valence-electron chi connectivity index (χ1n) is 6.41. The lowest BCUT2D eigenvalue weighted by Crippen LogP contribution is -2.13. The molecule has 2 aromatic rings. The monoisotopic (exact) mass is 256 g/mol. The Labute approximate surface area is 114 Å². The average molecular weight is 256 g/mol. The Morgan fingerprint density at radius 2 is 1.79 bits per heavy atom. The van der Waals surface area contributed by atoms with Crippen LogP contribution in [0.15, 0.2) is 54.6 Å². The van der Waals surface area contributed by atoms with Crippen LogP contribution in [0.3, 0.4) is 0 Å². The summed E-state index contributed by atoms with van der Waals surface area (Å²) in [7, 11) is 4.02. The van der Waals surface area contributed by atoms with E-state index in [9.17, 15) is 5.11 Å². The summed E-state index contributed by atoms with van der Waals surface area (Å²) >= 11 is 0. The maximum absolute atomic E-state index is 10.1. The second-order valence-corrected chi connectivity index (χ2v) is 4.75. The van der Waals surface area contributed by atoms with Gasteiger partial charge in [-0.1, -0.05) is 36.4 Å². The van der Waals surface area contributed by atoms with Crippen LogP contribution in [-0.4, -0.2) is 25.7 Å². The molecule has 1 atom stereocenters.